The summed E-state index contributed by atoms with van der Waals surface area (Å²) in [5.74, 6) is 0.404. The summed E-state index contributed by atoms with van der Waals surface area (Å²) < 4.78 is 30.4. The van der Waals surface area contributed by atoms with E-state index in [-0.39, 0.29) is 19.0 Å². The lowest BCUT2D eigenvalue weighted by molar-refractivity contribution is 0.202. The maximum atomic E-state index is 13.7. The van der Waals surface area contributed by atoms with Gasteiger partial charge in [-0.2, -0.15) is 0 Å². The van der Waals surface area contributed by atoms with Crippen LogP contribution in [-0.4, -0.2) is 48.9 Å². The van der Waals surface area contributed by atoms with Gasteiger partial charge in [-0.3, -0.25) is 9.55 Å². The number of nitrogens with zero attached hydrogens (tertiary/aromatic N) is 2. The molecule has 0 fully saturated rings. The van der Waals surface area contributed by atoms with Gasteiger partial charge in [-0.05, 0) is 56.6 Å². The van der Waals surface area contributed by atoms with Crippen molar-refractivity contribution >= 4 is 7.60 Å². The molecule has 29 heavy (non-hydrogen) atoms. The summed E-state index contributed by atoms with van der Waals surface area (Å²) in [6.45, 7) is 6.98. The number of ether oxygens (including phenoxy) is 1. The number of likely N-dealkylation sites (N-methyl/N-ethyl adjacent to an activating group) is 1. The number of hydrogen-bond donors (Lipinski definition) is 1. The highest BCUT2D eigenvalue weighted by molar-refractivity contribution is 7.54. The second-order valence-corrected chi connectivity index (χ2v) is 9.06. The van der Waals surface area contributed by atoms with E-state index in [1.54, 1.807) is 33.0 Å². The topological polar surface area (TPSA) is 81.1 Å². The average molecular weight is 422 g/mol. The van der Waals surface area contributed by atoms with E-state index >= 15 is 0 Å². The molecule has 1 aromatic carbocycles. The van der Waals surface area contributed by atoms with Crippen LogP contribution in [0.5, 0.6) is 11.5 Å². The minimum Gasteiger partial charge on any atom is -0.504 e. The van der Waals surface area contributed by atoms with Crippen LogP contribution in [0.3, 0.4) is 0 Å². The number of aromatic nitrogens is 1. The summed E-state index contributed by atoms with van der Waals surface area (Å²) in [5.41, 5.74) is 1.88. The van der Waals surface area contributed by atoms with E-state index in [9.17, 15) is 9.67 Å². The molecule has 0 saturated heterocycles. The van der Waals surface area contributed by atoms with Crippen molar-refractivity contribution in [1.29, 1.82) is 0 Å². The van der Waals surface area contributed by atoms with Crippen LogP contribution in [0.1, 0.15) is 36.2 Å². The predicted octanol–water partition coefficient (Wildman–Crippen LogP) is 4.54. The maximum absolute atomic E-state index is 13.7. The summed E-state index contributed by atoms with van der Waals surface area (Å²) in [6, 6.07) is 7.40. The van der Waals surface area contributed by atoms with Gasteiger partial charge in [-0.1, -0.05) is 12.1 Å². The van der Waals surface area contributed by atoms with Crippen LogP contribution in [0, 0.1) is 6.92 Å². The number of pyridine rings is 1. The molecule has 160 valence electrons. The first-order valence-electron chi connectivity index (χ1n) is 9.68. The smallest absolute Gasteiger partial charge is 0.339 e. The lowest BCUT2D eigenvalue weighted by Gasteiger charge is -2.30. The Hall–Kier alpha value is -1.92. The van der Waals surface area contributed by atoms with Gasteiger partial charge in [0.1, 0.15) is 0 Å². The molecule has 7 nitrogen and oxygen atoms in total. The standard InChI is InChI=1S/C21H31N2O5P/c1-6-27-29(25,28-7-2)20(15-23(4)14-17-9-8-10-22-13-17)18-11-16(3)21(24)19(12-18)26-5/h8-13,20,24H,6-7,14-15H2,1-5H3. The quantitative estimate of drug-likeness (QED) is 0.532. The fraction of sp³-hybridized carbons (Fsp3) is 0.476. The van der Waals surface area contributed by atoms with Gasteiger partial charge in [0.05, 0.1) is 26.0 Å². The normalized spacial score (nSPS) is 12.9. The largest absolute Gasteiger partial charge is 0.504 e. The number of hydrogen-bond acceptors (Lipinski definition) is 7. The van der Waals surface area contributed by atoms with Gasteiger partial charge in [0.25, 0.3) is 0 Å². The molecule has 0 amide bonds. The number of benzene rings is 1. The fourth-order valence-electron chi connectivity index (χ4n) is 3.25. The molecular formula is C21H31N2O5P. The Balaban J connectivity index is 2.43. The molecule has 0 aliphatic heterocycles. The van der Waals surface area contributed by atoms with Gasteiger partial charge in [0.15, 0.2) is 11.5 Å². The Morgan fingerprint density at radius 2 is 1.93 bits per heavy atom. The Morgan fingerprint density at radius 1 is 1.24 bits per heavy atom. The van der Waals surface area contributed by atoms with Crippen molar-refractivity contribution in [3.05, 3.63) is 53.3 Å². The van der Waals surface area contributed by atoms with Crippen LogP contribution in [0.25, 0.3) is 0 Å². The lowest BCUT2D eigenvalue weighted by atomic mass is 10.1. The highest BCUT2D eigenvalue weighted by Crippen LogP contribution is 2.61. The molecule has 8 heteroatoms. The van der Waals surface area contributed by atoms with Crippen LogP contribution in [0.2, 0.25) is 0 Å². The summed E-state index contributed by atoms with van der Waals surface area (Å²) in [7, 11) is -0.0261. The molecule has 1 heterocycles. The molecule has 0 aliphatic carbocycles. The molecule has 0 saturated carbocycles. The zero-order chi connectivity index (χ0) is 21.4. The monoisotopic (exact) mass is 422 g/mol. The summed E-state index contributed by atoms with van der Waals surface area (Å²) in [6.07, 6.45) is 3.54. The summed E-state index contributed by atoms with van der Waals surface area (Å²) in [4.78, 5) is 6.21. The van der Waals surface area contributed by atoms with Crippen molar-refractivity contribution in [1.82, 2.24) is 9.88 Å². The SMILES string of the molecule is CCOP(=O)(OCC)C(CN(C)Cc1cccnc1)c1cc(C)c(O)c(OC)c1. The molecule has 1 N–H and O–H groups in total. The Kier molecular flexibility index (Phi) is 8.65. The van der Waals surface area contributed by atoms with Crippen molar-refractivity contribution < 1.29 is 23.5 Å². The minimum atomic E-state index is -3.47. The summed E-state index contributed by atoms with van der Waals surface area (Å²) in [5, 5.41) is 10.2. The Labute approximate surface area is 173 Å². The van der Waals surface area contributed by atoms with Gasteiger partial charge in [0, 0.05) is 25.5 Å². The minimum absolute atomic E-state index is 0.0707. The molecule has 1 unspecified atom stereocenters. The van der Waals surface area contributed by atoms with Crippen molar-refractivity contribution in [2.45, 2.75) is 33.0 Å². The van der Waals surface area contributed by atoms with E-state index in [0.29, 0.717) is 24.4 Å². The lowest BCUT2D eigenvalue weighted by Crippen LogP contribution is -2.25. The second kappa shape index (κ2) is 10.7. The van der Waals surface area contributed by atoms with E-state index in [0.717, 1.165) is 11.1 Å². The highest BCUT2D eigenvalue weighted by atomic mass is 31.2. The average Bonchev–Trinajstić information content (AvgIpc) is 2.69. The zero-order valence-electron chi connectivity index (χ0n) is 17.8. The van der Waals surface area contributed by atoms with E-state index in [1.807, 2.05) is 31.4 Å². The van der Waals surface area contributed by atoms with Crippen molar-refractivity contribution in [3.8, 4) is 11.5 Å². The van der Waals surface area contributed by atoms with Crippen LogP contribution in [0.15, 0.2) is 36.7 Å². The van der Waals surface area contributed by atoms with Gasteiger partial charge < -0.3 is 23.8 Å². The molecular weight excluding hydrogens is 391 g/mol. The highest BCUT2D eigenvalue weighted by Gasteiger charge is 2.38. The molecule has 0 bridgehead atoms. The summed E-state index contributed by atoms with van der Waals surface area (Å²) >= 11 is 0. The van der Waals surface area contributed by atoms with Gasteiger partial charge in [-0.15, -0.1) is 0 Å². The molecule has 0 spiro atoms. The number of phenols is 1. The molecule has 2 rings (SSSR count). The second-order valence-electron chi connectivity index (χ2n) is 6.84. The third kappa shape index (κ3) is 6.03. The van der Waals surface area contributed by atoms with Crippen LogP contribution in [-0.2, 0) is 20.2 Å². The number of phenolic OH excluding ortho intramolecular Hbond substituents is 1. The number of rotatable bonds is 11. The fourth-order valence-corrected chi connectivity index (χ4v) is 5.40. The van der Waals surface area contributed by atoms with Crippen LogP contribution >= 0.6 is 7.60 Å². The van der Waals surface area contributed by atoms with Gasteiger partial charge in [-0.25, -0.2) is 0 Å². The number of aromatic hydroxyl groups is 1. The van der Waals surface area contributed by atoms with Crippen molar-refractivity contribution in [2.24, 2.45) is 0 Å². The first kappa shape index (κ1) is 23.4. The van der Waals surface area contributed by atoms with Gasteiger partial charge in [0.2, 0.25) is 0 Å². The number of aryl methyl sites for hydroxylation is 1. The van der Waals surface area contributed by atoms with E-state index in [1.165, 1.54) is 7.11 Å². The third-order valence-electron chi connectivity index (χ3n) is 4.55. The van der Waals surface area contributed by atoms with Crippen molar-refractivity contribution in [2.75, 3.05) is 33.9 Å². The van der Waals surface area contributed by atoms with E-state index < -0.39 is 13.3 Å². The number of methoxy groups -OCH3 is 1. The van der Waals surface area contributed by atoms with Crippen LogP contribution < -0.4 is 4.74 Å². The first-order valence-corrected chi connectivity index (χ1v) is 11.3. The van der Waals surface area contributed by atoms with E-state index in [4.69, 9.17) is 13.8 Å². The third-order valence-corrected chi connectivity index (χ3v) is 7.01. The molecule has 2 aromatic rings. The first-order chi connectivity index (χ1) is 13.8. The molecule has 0 aliphatic rings. The van der Waals surface area contributed by atoms with Crippen molar-refractivity contribution in [3.63, 3.8) is 0 Å². The van der Waals surface area contributed by atoms with Crippen LogP contribution in [0.4, 0.5) is 0 Å². The molecule has 1 aromatic heterocycles. The van der Waals surface area contributed by atoms with E-state index in [2.05, 4.69) is 9.88 Å². The Bertz CT molecular complexity index is 821. The molecule has 0 radical (unpaired) electrons. The molecule has 1 atom stereocenters. The Morgan fingerprint density at radius 3 is 2.48 bits per heavy atom. The zero-order valence-corrected chi connectivity index (χ0v) is 18.7. The van der Waals surface area contributed by atoms with Gasteiger partial charge >= 0.3 is 7.60 Å². The predicted molar refractivity (Wildman–Crippen MR) is 114 cm³/mol. The maximum Gasteiger partial charge on any atom is 0.339 e.